The second-order valence-electron chi connectivity index (χ2n) is 7.17. The van der Waals surface area contributed by atoms with E-state index in [9.17, 15) is 14.4 Å². The highest BCUT2D eigenvalue weighted by Crippen LogP contribution is 2.27. The van der Waals surface area contributed by atoms with Crippen LogP contribution in [0, 0.1) is 6.92 Å². The van der Waals surface area contributed by atoms with Crippen molar-refractivity contribution >= 4 is 51.7 Å². The van der Waals surface area contributed by atoms with Gasteiger partial charge >= 0.3 is 5.97 Å². The fourth-order valence-electron chi connectivity index (χ4n) is 2.94. The highest BCUT2D eigenvalue weighted by atomic mass is 32.2. The Balaban J connectivity index is 1.57. The van der Waals surface area contributed by atoms with Gasteiger partial charge in [0.05, 0.1) is 24.0 Å². The number of carbonyl (C=O) groups excluding carboxylic acids is 3. The van der Waals surface area contributed by atoms with Gasteiger partial charge in [0.1, 0.15) is 0 Å². The van der Waals surface area contributed by atoms with Gasteiger partial charge in [0.25, 0.3) is 5.91 Å². The van der Waals surface area contributed by atoms with Gasteiger partial charge in [-0.3, -0.25) is 14.4 Å². The van der Waals surface area contributed by atoms with E-state index in [4.69, 9.17) is 4.74 Å². The molecule has 0 aliphatic rings. The standard InChI is InChI=1S/C24H25N3O4S2/c1-4-31-21(28)13-18-14-32-24(26-18)27-22(29)16(3)33-19-10-7-9-17(12-19)25-23(30)20-11-6-5-8-15(20)2/h5-12,14,16H,4,13H2,1-3H3,(H,25,30)(H,26,27,29). The average molecular weight is 484 g/mol. The molecular formula is C24H25N3O4S2. The molecule has 0 bridgehead atoms. The summed E-state index contributed by atoms with van der Waals surface area (Å²) in [6.45, 7) is 5.75. The second-order valence-corrected chi connectivity index (χ2v) is 9.44. The minimum Gasteiger partial charge on any atom is -0.466 e. The predicted molar refractivity (Wildman–Crippen MR) is 132 cm³/mol. The fraction of sp³-hybridized carbons (Fsp3) is 0.250. The first-order valence-corrected chi connectivity index (χ1v) is 12.2. The Kier molecular flexibility index (Phi) is 8.62. The molecule has 172 valence electrons. The van der Waals surface area contributed by atoms with Gasteiger partial charge < -0.3 is 15.4 Å². The summed E-state index contributed by atoms with van der Waals surface area (Å²) in [4.78, 5) is 41.9. The summed E-state index contributed by atoms with van der Waals surface area (Å²) < 4.78 is 4.91. The zero-order valence-electron chi connectivity index (χ0n) is 18.6. The first kappa shape index (κ1) is 24.5. The first-order valence-electron chi connectivity index (χ1n) is 10.4. The molecule has 1 atom stereocenters. The Hall–Kier alpha value is -3.17. The second kappa shape index (κ2) is 11.6. The van der Waals surface area contributed by atoms with Crippen LogP contribution < -0.4 is 10.6 Å². The number of nitrogens with one attached hydrogen (secondary N) is 2. The van der Waals surface area contributed by atoms with Crippen LogP contribution in [0.3, 0.4) is 0 Å². The van der Waals surface area contributed by atoms with Crippen LogP contribution in [-0.4, -0.2) is 34.6 Å². The van der Waals surface area contributed by atoms with E-state index in [1.54, 1.807) is 25.3 Å². The maximum atomic E-state index is 12.6. The van der Waals surface area contributed by atoms with Crippen molar-refractivity contribution in [2.24, 2.45) is 0 Å². The molecule has 1 heterocycles. The third-order valence-corrected chi connectivity index (χ3v) is 6.48. The molecule has 1 aromatic heterocycles. The summed E-state index contributed by atoms with van der Waals surface area (Å²) in [6.07, 6.45) is 0.0749. The number of thioether (sulfide) groups is 1. The Morgan fingerprint density at radius 2 is 1.91 bits per heavy atom. The number of carbonyl (C=O) groups is 3. The lowest BCUT2D eigenvalue weighted by molar-refractivity contribution is -0.142. The van der Waals surface area contributed by atoms with E-state index in [1.807, 2.05) is 49.4 Å². The molecule has 0 radical (unpaired) electrons. The van der Waals surface area contributed by atoms with Crippen molar-refractivity contribution in [2.45, 2.75) is 37.3 Å². The number of hydrogen-bond acceptors (Lipinski definition) is 7. The lowest BCUT2D eigenvalue weighted by atomic mass is 10.1. The van der Waals surface area contributed by atoms with E-state index in [0.717, 1.165) is 10.5 Å². The summed E-state index contributed by atoms with van der Waals surface area (Å²) in [5.41, 5.74) is 2.74. The summed E-state index contributed by atoms with van der Waals surface area (Å²) in [7, 11) is 0. The van der Waals surface area contributed by atoms with Crippen molar-refractivity contribution in [1.82, 2.24) is 4.98 Å². The molecular weight excluding hydrogens is 458 g/mol. The van der Waals surface area contributed by atoms with Crippen molar-refractivity contribution in [1.29, 1.82) is 0 Å². The highest BCUT2D eigenvalue weighted by molar-refractivity contribution is 8.00. The van der Waals surface area contributed by atoms with Crippen LogP contribution in [0.15, 0.2) is 58.8 Å². The van der Waals surface area contributed by atoms with Crippen molar-refractivity contribution in [2.75, 3.05) is 17.2 Å². The number of benzene rings is 2. The lowest BCUT2D eigenvalue weighted by Crippen LogP contribution is -2.22. The van der Waals surface area contributed by atoms with Gasteiger partial charge in [0, 0.05) is 21.5 Å². The quantitative estimate of drug-likeness (QED) is 0.331. The van der Waals surface area contributed by atoms with Gasteiger partial charge in [-0.2, -0.15) is 0 Å². The molecule has 7 nitrogen and oxygen atoms in total. The van der Waals surface area contributed by atoms with Crippen molar-refractivity contribution in [3.8, 4) is 0 Å². The highest BCUT2D eigenvalue weighted by Gasteiger charge is 2.17. The van der Waals surface area contributed by atoms with Crippen LogP contribution in [0.4, 0.5) is 10.8 Å². The molecule has 0 aliphatic heterocycles. The number of ether oxygens (including phenoxy) is 1. The van der Waals surface area contributed by atoms with Gasteiger partial charge in [-0.05, 0) is 50.6 Å². The van der Waals surface area contributed by atoms with Gasteiger partial charge in [-0.1, -0.05) is 24.3 Å². The third kappa shape index (κ3) is 7.16. The molecule has 2 aromatic carbocycles. The van der Waals surface area contributed by atoms with E-state index in [0.29, 0.717) is 28.7 Å². The van der Waals surface area contributed by atoms with Gasteiger partial charge in [0.15, 0.2) is 5.13 Å². The van der Waals surface area contributed by atoms with Crippen molar-refractivity contribution in [3.05, 3.63) is 70.7 Å². The number of amides is 2. The van der Waals surface area contributed by atoms with Gasteiger partial charge in [-0.15, -0.1) is 23.1 Å². The molecule has 0 saturated heterocycles. The van der Waals surface area contributed by atoms with E-state index >= 15 is 0 Å². The average Bonchev–Trinajstić information content (AvgIpc) is 3.20. The monoisotopic (exact) mass is 483 g/mol. The molecule has 0 aliphatic carbocycles. The molecule has 9 heteroatoms. The molecule has 2 amide bonds. The van der Waals surface area contributed by atoms with Crippen LogP contribution in [0.25, 0.3) is 0 Å². The van der Waals surface area contributed by atoms with Crippen LogP contribution in [-0.2, 0) is 20.7 Å². The van der Waals surface area contributed by atoms with E-state index < -0.39 is 5.25 Å². The van der Waals surface area contributed by atoms with Crippen LogP contribution in [0.5, 0.6) is 0 Å². The number of thiazole rings is 1. The summed E-state index contributed by atoms with van der Waals surface area (Å²) >= 11 is 2.64. The first-order chi connectivity index (χ1) is 15.9. The van der Waals surface area contributed by atoms with Crippen LogP contribution in [0.1, 0.15) is 35.5 Å². The summed E-state index contributed by atoms with van der Waals surface area (Å²) in [6, 6.07) is 14.8. The number of nitrogens with zero attached hydrogens (tertiary/aromatic N) is 1. The van der Waals surface area contributed by atoms with E-state index in [-0.39, 0.29) is 24.2 Å². The molecule has 0 saturated carbocycles. The molecule has 0 fully saturated rings. The van der Waals surface area contributed by atoms with Gasteiger partial charge in [0.2, 0.25) is 5.91 Å². The lowest BCUT2D eigenvalue weighted by Gasteiger charge is -2.12. The Morgan fingerprint density at radius 3 is 2.67 bits per heavy atom. The largest absolute Gasteiger partial charge is 0.466 e. The Labute approximate surface area is 201 Å². The number of hydrogen-bond donors (Lipinski definition) is 2. The SMILES string of the molecule is CCOC(=O)Cc1csc(NC(=O)C(C)Sc2cccc(NC(=O)c3ccccc3C)c2)n1. The Bertz CT molecular complexity index is 1150. The summed E-state index contributed by atoms with van der Waals surface area (Å²) in [5.74, 6) is -0.728. The van der Waals surface area contributed by atoms with E-state index in [1.165, 1.54) is 23.1 Å². The minimum absolute atomic E-state index is 0.0749. The zero-order valence-corrected chi connectivity index (χ0v) is 20.2. The van der Waals surface area contributed by atoms with Crippen molar-refractivity contribution in [3.63, 3.8) is 0 Å². The maximum Gasteiger partial charge on any atom is 0.311 e. The van der Waals surface area contributed by atoms with Crippen LogP contribution >= 0.6 is 23.1 Å². The Morgan fingerprint density at radius 1 is 1.12 bits per heavy atom. The fourth-order valence-corrected chi connectivity index (χ4v) is 4.58. The molecule has 0 spiro atoms. The smallest absolute Gasteiger partial charge is 0.311 e. The zero-order chi connectivity index (χ0) is 23.8. The molecule has 3 aromatic rings. The molecule has 2 N–H and O–H groups in total. The van der Waals surface area contributed by atoms with Gasteiger partial charge in [-0.25, -0.2) is 4.98 Å². The number of aromatic nitrogens is 1. The normalized spacial score (nSPS) is 11.5. The number of rotatable bonds is 9. The predicted octanol–water partition coefficient (Wildman–Crippen LogP) is 4.93. The van der Waals surface area contributed by atoms with E-state index in [2.05, 4.69) is 15.6 Å². The number of aryl methyl sites for hydroxylation is 1. The number of anilines is 2. The van der Waals surface area contributed by atoms with Crippen molar-refractivity contribution < 1.29 is 19.1 Å². The molecule has 1 unspecified atom stereocenters. The minimum atomic E-state index is -0.398. The number of esters is 1. The topological polar surface area (TPSA) is 97.4 Å². The van der Waals surface area contributed by atoms with Crippen LogP contribution in [0.2, 0.25) is 0 Å². The summed E-state index contributed by atoms with van der Waals surface area (Å²) in [5, 5.41) is 7.46. The molecule has 33 heavy (non-hydrogen) atoms. The maximum absolute atomic E-state index is 12.6. The molecule has 3 rings (SSSR count). The third-order valence-electron chi connectivity index (χ3n) is 4.58.